The summed E-state index contributed by atoms with van der Waals surface area (Å²) in [7, 11) is 0. The van der Waals surface area contributed by atoms with Crippen molar-refractivity contribution in [3.8, 4) is 0 Å². The van der Waals surface area contributed by atoms with E-state index in [2.05, 4.69) is 5.32 Å². The molecule has 1 aromatic carbocycles. The Bertz CT molecular complexity index is 569. The summed E-state index contributed by atoms with van der Waals surface area (Å²) in [5, 5.41) is 14.0. The summed E-state index contributed by atoms with van der Waals surface area (Å²) in [5.41, 5.74) is -0.376. The van der Waals surface area contributed by atoms with Gasteiger partial charge in [0.05, 0.1) is 4.92 Å². The molecule has 1 fully saturated rings. The fraction of sp³-hybridized carbons (Fsp3) is 0.571. The SMILES string of the molecule is Cl.Cl.O=[N+]([O-])c1cc([C@H](CCC(F)(F)F)N2CCNCC2)ccc1F. The lowest BCUT2D eigenvalue weighted by molar-refractivity contribution is -0.387. The van der Waals surface area contributed by atoms with Gasteiger partial charge in [0.15, 0.2) is 0 Å². The quantitative estimate of drug-likeness (QED) is 0.457. The Morgan fingerprint density at radius 1 is 1.24 bits per heavy atom. The van der Waals surface area contributed by atoms with Crippen LogP contribution in [-0.4, -0.2) is 42.2 Å². The van der Waals surface area contributed by atoms with Crippen LogP contribution in [0.4, 0.5) is 23.2 Å². The summed E-state index contributed by atoms with van der Waals surface area (Å²) < 4.78 is 51.2. The standard InChI is InChI=1S/C14H17F4N3O2.2ClH/c15-11-2-1-10(9-13(11)21(22)23)12(3-4-14(16,17)18)20-7-5-19-6-8-20;;/h1-2,9,12,19H,3-8H2;2*1H/t12-;;/m0../s1. The molecule has 1 heterocycles. The van der Waals surface area contributed by atoms with Gasteiger partial charge >= 0.3 is 11.9 Å². The highest BCUT2D eigenvalue weighted by molar-refractivity contribution is 5.85. The van der Waals surface area contributed by atoms with Crippen molar-refractivity contribution in [1.29, 1.82) is 0 Å². The average Bonchev–Trinajstić information content (AvgIpc) is 2.48. The number of alkyl halides is 3. The Hall–Kier alpha value is -1.16. The average molecular weight is 408 g/mol. The molecule has 25 heavy (non-hydrogen) atoms. The summed E-state index contributed by atoms with van der Waals surface area (Å²) in [6, 6.07) is 2.68. The molecule has 2 rings (SSSR count). The molecule has 0 unspecified atom stereocenters. The minimum absolute atomic E-state index is 0. The fourth-order valence-corrected chi connectivity index (χ4v) is 2.73. The molecule has 1 saturated heterocycles. The van der Waals surface area contributed by atoms with Gasteiger partial charge in [-0.15, -0.1) is 24.8 Å². The zero-order valence-corrected chi connectivity index (χ0v) is 14.7. The Labute approximate surface area is 154 Å². The van der Waals surface area contributed by atoms with E-state index in [0.29, 0.717) is 31.7 Å². The third-order valence-electron chi connectivity index (χ3n) is 3.85. The molecule has 1 atom stereocenters. The molecule has 5 nitrogen and oxygen atoms in total. The van der Waals surface area contributed by atoms with Crippen LogP contribution in [0.25, 0.3) is 0 Å². The first-order valence-electron chi connectivity index (χ1n) is 7.23. The summed E-state index contributed by atoms with van der Waals surface area (Å²) in [6.07, 6.45) is -5.52. The normalized spacial score (nSPS) is 16.5. The minimum Gasteiger partial charge on any atom is -0.314 e. The maximum atomic E-state index is 13.5. The lowest BCUT2D eigenvalue weighted by Gasteiger charge is -2.35. The van der Waals surface area contributed by atoms with Crippen LogP contribution in [0.3, 0.4) is 0 Å². The van der Waals surface area contributed by atoms with Gasteiger partial charge in [-0.1, -0.05) is 6.07 Å². The third kappa shape index (κ3) is 6.93. The van der Waals surface area contributed by atoms with E-state index in [0.717, 1.165) is 12.1 Å². The highest BCUT2D eigenvalue weighted by Gasteiger charge is 2.32. The molecule has 0 aliphatic carbocycles. The van der Waals surface area contributed by atoms with E-state index in [1.54, 1.807) is 0 Å². The van der Waals surface area contributed by atoms with Crippen LogP contribution in [0.15, 0.2) is 18.2 Å². The van der Waals surface area contributed by atoms with Gasteiger partial charge < -0.3 is 5.32 Å². The number of halogens is 6. The predicted molar refractivity (Wildman–Crippen MR) is 90.0 cm³/mol. The van der Waals surface area contributed by atoms with Crippen molar-refractivity contribution in [3.05, 3.63) is 39.7 Å². The number of nitrogens with zero attached hydrogens (tertiary/aromatic N) is 2. The van der Waals surface area contributed by atoms with E-state index >= 15 is 0 Å². The van der Waals surface area contributed by atoms with Gasteiger partial charge in [0.1, 0.15) is 0 Å². The largest absolute Gasteiger partial charge is 0.389 e. The van der Waals surface area contributed by atoms with E-state index < -0.39 is 35.1 Å². The molecule has 0 bridgehead atoms. The summed E-state index contributed by atoms with van der Waals surface area (Å²) in [4.78, 5) is 11.8. The lowest BCUT2D eigenvalue weighted by Crippen LogP contribution is -2.45. The van der Waals surface area contributed by atoms with Crippen molar-refractivity contribution in [3.63, 3.8) is 0 Å². The highest BCUT2D eigenvalue weighted by Crippen LogP contribution is 2.33. The Balaban J connectivity index is 0.00000288. The Morgan fingerprint density at radius 2 is 1.84 bits per heavy atom. The number of hydrogen-bond donors (Lipinski definition) is 1. The first-order chi connectivity index (χ1) is 10.8. The van der Waals surface area contributed by atoms with Crippen LogP contribution < -0.4 is 5.32 Å². The van der Waals surface area contributed by atoms with Gasteiger partial charge in [0, 0.05) is 44.7 Å². The van der Waals surface area contributed by atoms with Crippen LogP contribution in [0.2, 0.25) is 0 Å². The molecular weight excluding hydrogens is 389 g/mol. The number of nitro groups is 1. The first kappa shape index (κ1) is 23.8. The van der Waals surface area contributed by atoms with E-state index in [9.17, 15) is 27.7 Å². The minimum atomic E-state index is -4.31. The molecule has 1 aromatic rings. The van der Waals surface area contributed by atoms with Crippen molar-refractivity contribution in [2.75, 3.05) is 26.2 Å². The van der Waals surface area contributed by atoms with Gasteiger partial charge in [-0.3, -0.25) is 15.0 Å². The summed E-state index contributed by atoms with van der Waals surface area (Å²) in [5.74, 6) is -0.992. The Morgan fingerprint density at radius 3 is 2.36 bits per heavy atom. The molecule has 0 saturated carbocycles. The second kappa shape index (κ2) is 10.1. The third-order valence-corrected chi connectivity index (χ3v) is 3.85. The van der Waals surface area contributed by atoms with Gasteiger partial charge in [-0.25, -0.2) is 0 Å². The lowest BCUT2D eigenvalue weighted by atomic mass is 9.98. The Kier molecular flexibility index (Phi) is 9.63. The van der Waals surface area contributed by atoms with Crippen molar-refractivity contribution in [1.82, 2.24) is 10.2 Å². The van der Waals surface area contributed by atoms with Crippen LogP contribution in [0.5, 0.6) is 0 Å². The van der Waals surface area contributed by atoms with Crippen molar-refractivity contribution < 1.29 is 22.5 Å². The topological polar surface area (TPSA) is 58.4 Å². The van der Waals surface area contributed by atoms with Gasteiger partial charge in [0.2, 0.25) is 5.82 Å². The smallest absolute Gasteiger partial charge is 0.314 e. The second-order valence-electron chi connectivity index (χ2n) is 5.42. The molecule has 144 valence electrons. The first-order valence-corrected chi connectivity index (χ1v) is 7.23. The zero-order chi connectivity index (χ0) is 17.0. The molecule has 1 N–H and O–H groups in total. The van der Waals surface area contributed by atoms with Crippen molar-refractivity contribution >= 4 is 30.5 Å². The maximum absolute atomic E-state index is 13.5. The molecule has 0 spiro atoms. The van der Waals surface area contributed by atoms with Gasteiger partial charge in [-0.05, 0) is 18.1 Å². The maximum Gasteiger partial charge on any atom is 0.389 e. The number of benzene rings is 1. The van der Waals surface area contributed by atoms with Crippen LogP contribution in [0.1, 0.15) is 24.4 Å². The monoisotopic (exact) mass is 407 g/mol. The van der Waals surface area contributed by atoms with E-state index in [1.165, 1.54) is 6.07 Å². The van der Waals surface area contributed by atoms with E-state index in [-0.39, 0.29) is 31.2 Å². The number of hydrogen-bond acceptors (Lipinski definition) is 4. The summed E-state index contributed by atoms with van der Waals surface area (Å²) in [6.45, 7) is 2.33. The van der Waals surface area contributed by atoms with Crippen molar-refractivity contribution in [2.45, 2.75) is 25.1 Å². The van der Waals surface area contributed by atoms with Crippen molar-refractivity contribution in [2.24, 2.45) is 0 Å². The van der Waals surface area contributed by atoms with Gasteiger partial charge in [-0.2, -0.15) is 17.6 Å². The van der Waals surface area contributed by atoms with Crippen LogP contribution in [0, 0.1) is 15.9 Å². The molecule has 1 aliphatic rings. The zero-order valence-electron chi connectivity index (χ0n) is 13.1. The number of piperazine rings is 1. The molecule has 1 aliphatic heterocycles. The molecule has 11 heteroatoms. The second-order valence-corrected chi connectivity index (χ2v) is 5.42. The number of nitrogens with one attached hydrogen (secondary N) is 1. The van der Waals surface area contributed by atoms with Crippen LogP contribution >= 0.6 is 24.8 Å². The molecular formula is C14H19Cl2F4N3O2. The van der Waals surface area contributed by atoms with E-state index in [1.807, 2.05) is 4.90 Å². The number of nitro benzene ring substituents is 1. The van der Waals surface area contributed by atoms with E-state index in [4.69, 9.17) is 0 Å². The molecule has 0 amide bonds. The van der Waals surface area contributed by atoms with Gasteiger partial charge in [0.25, 0.3) is 0 Å². The summed E-state index contributed by atoms with van der Waals surface area (Å²) >= 11 is 0. The molecule has 0 radical (unpaired) electrons. The van der Waals surface area contributed by atoms with Crippen LogP contribution in [-0.2, 0) is 0 Å². The predicted octanol–water partition coefficient (Wildman–Crippen LogP) is 3.87. The molecule has 0 aromatic heterocycles. The fourth-order valence-electron chi connectivity index (χ4n) is 2.73. The highest BCUT2D eigenvalue weighted by atomic mass is 35.5. The number of rotatable bonds is 5.